The van der Waals surface area contributed by atoms with E-state index in [1.807, 2.05) is 0 Å². The summed E-state index contributed by atoms with van der Waals surface area (Å²) in [7, 11) is 0. The molecule has 0 bridgehead atoms. The van der Waals surface area contributed by atoms with Crippen LogP contribution in [0.4, 0.5) is 8.78 Å². The Labute approximate surface area is 92.1 Å². The highest BCUT2D eigenvalue weighted by atomic mass is 79.9. The van der Waals surface area contributed by atoms with Gasteiger partial charge in [-0.3, -0.25) is 0 Å². The maximum atomic E-state index is 12.6. The summed E-state index contributed by atoms with van der Waals surface area (Å²) in [5.74, 6) is -1.45. The number of rotatable bonds is 2. The normalized spacial score (nSPS) is 10.1. The topological polar surface area (TPSA) is 61.1 Å². The monoisotopic (exact) mass is 275 g/mol. The second-order valence-corrected chi connectivity index (χ2v) is 3.40. The smallest absolute Gasteiger partial charge is 0.336 e. The molecule has 0 saturated carbocycles. The van der Waals surface area contributed by atoms with Crippen molar-refractivity contribution in [1.29, 1.82) is 5.26 Å². The van der Waals surface area contributed by atoms with Gasteiger partial charge in [0.1, 0.15) is 6.07 Å². The number of aromatic carboxylic acids is 1. The second-order valence-electron chi connectivity index (χ2n) is 2.61. The molecule has 78 valence electrons. The van der Waals surface area contributed by atoms with Gasteiger partial charge in [-0.15, -0.1) is 0 Å². The molecule has 0 unspecified atom stereocenters. The number of carboxylic acid groups (broad SMARTS) is 1. The van der Waals surface area contributed by atoms with Gasteiger partial charge in [-0.2, -0.15) is 5.26 Å². The van der Waals surface area contributed by atoms with Crippen LogP contribution < -0.4 is 0 Å². The van der Waals surface area contributed by atoms with Crippen LogP contribution in [0.2, 0.25) is 0 Å². The van der Waals surface area contributed by atoms with Crippen molar-refractivity contribution in [3.05, 3.63) is 33.3 Å². The Morgan fingerprint density at radius 3 is 2.53 bits per heavy atom. The number of carbonyl (C=O) groups is 1. The highest BCUT2D eigenvalue weighted by Gasteiger charge is 2.22. The fraction of sp³-hybridized carbons (Fsp3) is 0.111. The highest BCUT2D eigenvalue weighted by molar-refractivity contribution is 9.10. The third-order valence-electron chi connectivity index (χ3n) is 1.75. The minimum atomic E-state index is -2.95. The van der Waals surface area contributed by atoms with E-state index in [9.17, 15) is 13.6 Å². The lowest BCUT2D eigenvalue weighted by molar-refractivity contribution is 0.0684. The summed E-state index contributed by atoms with van der Waals surface area (Å²) in [4.78, 5) is 10.6. The van der Waals surface area contributed by atoms with Gasteiger partial charge in [-0.25, -0.2) is 13.6 Å². The molecule has 3 nitrogen and oxygen atoms in total. The molecule has 0 aliphatic heterocycles. The third-order valence-corrected chi connectivity index (χ3v) is 2.60. The standard InChI is InChI=1S/C9H4BrF2NO2/c10-7-4(3-13)1-2-5(9(14)15)6(7)8(11)12/h1-2,8H,(H,14,15). The quantitative estimate of drug-likeness (QED) is 0.903. The molecule has 0 spiro atoms. The highest BCUT2D eigenvalue weighted by Crippen LogP contribution is 2.33. The van der Waals surface area contributed by atoms with Crippen molar-refractivity contribution in [3.8, 4) is 6.07 Å². The van der Waals surface area contributed by atoms with Crippen LogP contribution in [0, 0.1) is 11.3 Å². The Bertz CT molecular complexity index is 454. The molecule has 0 amide bonds. The van der Waals surface area contributed by atoms with Crippen LogP contribution >= 0.6 is 15.9 Å². The summed E-state index contributed by atoms with van der Waals surface area (Å²) in [6.45, 7) is 0. The molecule has 1 rings (SSSR count). The minimum absolute atomic E-state index is 0.0182. The lowest BCUT2D eigenvalue weighted by atomic mass is 10.0. The third kappa shape index (κ3) is 2.13. The summed E-state index contributed by atoms with van der Waals surface area (Å²) in [5.41, 5.74) is -1.19. The SMILES string of the molecule is N#Cc1ccc(C(=O)O)c(C(F)F)c1Br. The molecule has 1 aromatic rings. The van der Waals surface area contributed by atoms with Crippen LogP contribution in [0.25, 0.3) is 0 Å². The molecular weight excluding hydrogens is 272 g/mol. The van der Waals surface area contributed by atoms with E-state index in [-0.39, 0.29) is 10.0 Å². The predicted molar refractivity (Wildman–Crippen MR) is 50.8 cm³/mol. The molecule has 0 heterocycles. The molecule has 0 fully saturated rings. The van der Waals surface area contributed by atoms with Crippen molar-refractivity contribution in [2.75, 3.05) is 0 Å². The van der Waals surface area contributed by atoms with Gasteiger partial charge in [0.2, 0.25) is 0 Å². The summed E-state index contributed by atoms with van der Waals surface area (Å²) >= 11 is 2.80. The minimum Gasteiger partial charge on any atom is -0.478 e. The van der Waals surface area contributed by atoms with Gasteiger partial charge in [0.25, 0.3) is 6.43 Å². The average molecular weight is 276 g/mol. The zero-order valence-electron chi connectivity index (χ0n) is 7.17. The summed E-state index contributed by atoms with van der Waals surface area (Å²) < 4.78 is 25.0. The lowest BCUT2D eigenvalue weighted by Crippen LogP contribution is -2.04. The fourth-order valence-corrected chi connectivity index (χ4v) is 1.69. The number of nitrogens with zero attached hydrogens (tertiary/aromatic N) is 1. The second kappa shape index (κ2) is 4.36. The maximum absolute atomic E-state index is 12.6. The number of nitriles is 1. The van der Waals surface area contributed by atoms with E-state index in [0.29, 0.717) is 0 Å². The molecule has 15 heavy (non-hydrogen) atoms. The van der Waals surface area contributed by atoms with E-state index in [0.717, 1.165) is 6.07 Å². The number of benzene rings is 1. The van der Waals surface area contributed by atoms with Gasteiger partial charge in [-0.05, 0) is 28.1 Å². The zero-order valence-corrected chi connectivity index (χ0v) is 8.75. The molecule has 6 heteroatoms. The molecule has 1 aromatic carbocycles. The number of carboxylic acids is 1. The van der Waals surface area contributed by atoms with Crippen LogP contribution in [-0.2, 0) is 0 Å². The molecule has 1 N–H and O–H groups in total. The first kappa shape index (κ1) is 11.6. The van der Waals surface area contributed by atoms with Gasteiger partial charge >= 0.3 is 5.97 Å². The Hall–Kier alpha value is -1.48. The first-order valence-corrected chi connectivity index (χ1v) is 4.52. The fourth-order valence-electron chi connectivity index (χ4n) is 1.08. The zero-order chi connectivity index (χ0) is 11.6. The van der Waals surface area contributed by atoms with Crippen molar-refractivity contribution in [1.82, 2.24) is 0 Å². The molecule has 0 saturated heterocycles. The van der Waals surface area contributed by atoms with Gasteiger partial charge in [-0.1, -0.05) is 0 Å². The van der Waals surface area contributed by atoms with Crippen LogP contribution in [0.1, 0.15) is 27.9 Å². The van der Waals surface area contributed by atoms with E-state index in [2.05, 4.69) is 15.9 Å². The largest absolute Gasteiger partial charge is 0.478 e. The Morgan fingerprint density at radius 1 is 1.53 bits per heavy atom. The summed E-state index contributed by atoms with van der Waals surface area (Å²) in [6.07, 6.45) is -2.95. The van der Waals surface area contributed by atoms with E-state index in [1.54, 1.807) is 6.07 Å². The Balaban J connectivity index is 3.53. The van der Waals surface area contributed by atoms with E-state index >= 15 is 0 Å². The molecule has 0 aromatic heterocycles. The Kier molecular flexibility index (Phi) is 3.37. The summed E-state index contributed by atoms with van der Waals surface area (Å²) in [5, 5.41) is 17.2. The van der Waals surface area contributed by atoms with Gasteiger partial charge in [0.15, 0.2) is 0 Å². The summed E-state index contributed by atoms with van der Waals surface area (Å²) in [6, 6.07) is 3.86. The first-order valence-electron chi connectivity index (χ1n) is 3.73. The molecular formula is C9H4BrF2NO2. The van der Waals surface area contributed by atoms with Crippen LogP contribution in [0.5, 0.6) is 0 Å². The number of hydrogen-bond acceptors (Lipinski definition) is 2. The van der Waals surface area contributed by atoms with Crippen molar-refractivity contribution in [2.45, 2.75) is 6.43 Å². The van der Waals surface area contributed by atoms with Gasteiger partial charge < -0.3 is 5.11 Å². The van der Waals surface area contributed by atoms with Crippen LogP contribution in [-0.4, -0.2) is 11.1 Å². The maximum Gasteiger partial charge on any atom is 0.336 e. The van der Waals surface area contributed by atoms with E-state index in [4.69, 9.17) is 10.4 Å². The number of hydrogen-bond donors (Lipinski definition) is 1. The molecule has 0 radical (unpaired) electrons. The van der Waals surface area contributed by atoms with Crippen molar-refractivity contribution in [2.24, 2.45) is 0 Å². The van der Waals surface area contributed by atoms with Crippen LogP contribution in [0.3, 0.4) is 0 Å². The van der Waals surface area contributed by atoms with Crippen molar-refractivity contribution in [3.63, 3.8) is 0 Å². The van der Waals surface area contributed by atoms with Crippen molar-refractivity contribution < 1.29 is 18.7 Å². The van der Waals surface area contributed by atoms with E-state index in [1.165, 1.54) is 6.07 Å². The van der Waals surface area contributed by atoms with Gasteiger partial charge in [0, 0.05) is 10.0 Å². The van der Waals surface area contributed by atoms with Crippen molar-refractivity contribution >= 4 is 21.9 Å². The molecule has 0 aliphatic carbocycles. The number of alkyl halides is 2. The van der Waals surface area contributed by atoms with E-state index < -0.39 is 23.5 Å². The predicted octanol–water partition coefficient (Wildman–Crippen LogP) is 2.96. The average Bonchev–Trinajstić information content (AvgIpc) is 2.16. The molecule has 0 aliphatic rings. The van der Waals surface area contributed by atoms with Crippen LogP contribution in [0.15, 0.2) is 16.6 Å². The lowest BCUT2D eigenvalue weighted by Gasteiger charge is -2.08. The number of halogens is 3. The van der Waals surface area contributed by atoms with Gasteiger partial charge in [0.05, 0.1) is 11.1 Å². The Morgan fingerprint density at radius 2 is 2.13 bits per heavy atom. The first-order chi connectivity index (χ1) is 6.99. The molecule has 0 atom stereocenters.